The fourth-order valence-electron chi connectivity index (χ4n) is 3.54. The fourth-order valence-corrected chi connectivity index (χ4v) is 3.54. The number of imide groups is 1. The van der Waals surface area contributed by atoms with Crippen LogP contribution in [0, 0.1) is 6.92 Å². The number of hydrogen-bond donors (Lipinski definition) is 1. The average Bonchev–Trinajstić information content (AvgIpc) is 3.04. The van der Waals surface area contributed by atoms with Crippen molar-refractivity contribution in [2.45, 2.75) is 6.92 Å². The number of hydrogen-bond acceptors (Lipinski definition) is 5. The van der Waals surface area contributed by atoms with Gasteiger partial charge in [0.2, 0.25) is 0 Å². The van der Waals surface area contributed by atoms with Crippen LogP contribution in [0.15, 0.2) is 78.5 Å². The van der Waals surface area contributed by atoms with E-state index in [0.717, 1.165) is 5.56 Å². The van der Waals surface area contributed by atoms with Gasteiger partial charge < -0.3 is 14.8 Å². The van der Waals surface area contributed by atoms with Gasteiger partial charge in [-0.2, -0.15) is 0 Å². The Hall–Kier alpha value is -4.06. The van der Waals surface area contributed by atoms with Crippen molar-refractivity contribution in [2.75, 3.05) is 24.4 Å². The minimum absolute atomic E-state index is 0.205. The van der Waals surface area contributed by atoms with Crippen LogP contribution in [0.3, 0.4) is 0 Å². The van der Waals surface area contributed by atoms with Gasteiger partial charge in [0.15, 0.2) is 0 Å². The summed E-state index contributed by atoms with van der Waals surface area (Å²) in [6.45, 7) is 1.95. The minimum Gasteiger partial charge on any atom is -0.497 e. The highest BCUT2D eigenvalue weighted by molar-refractivity contribution is 6.46. The third-order valence-electron chi connectivity index (χ3n) is 5.09. The van der Waals surface area contributed by atoms with E-state index < -0.39 is 11.8 Å². The number of ether oxygens (including phenoxy) is 2. The number of benzene rings is 3. The van der Waals surface area contributed by atoms with E-state index in [1.165, 1.54) is 4.90 Å². The normalized spacial score (nSPS) is 13.6. The van der Waals surface area contributed by atoms with Crippen molar-refractivity contribution in [2.24, 2.45) is 0 Å². The summed E-state index contributed by atoms with van der Waals surface area (Å²) in [6, 6.07) is 21.6. The molecule has 0 saturated heterocycles. The summed E-state index contributed by atoms with van der Waals surface area (Å²) in [5.74, 6) is 0.392. The Morgan fingerprint density at radius 2 is 1.52 bits per heavy atom. The van der Waals surface area contributed by atoms with Crippen LogP contribution in [0.4, 0.5) is 11.4 Å². The average molecular weight is 414 g/mol. The molecular formula is C25H22N2O4. The van der Waals surface area contributed by atoms with E-state index in [9.17, 15) is 9.59 Å². The fraction of sp³-hybridized carbons (Fsp3) is 0.120. The SMILES string of the molecule is COc1ccc(N2C(=O)C(Nc3cc(C)ccc3OC)=C(c3ccccc3)C2=O)cc1. The standard InChI is InChI=1S/C25H22N2O4/c1-16-9-14-21(31-3)20(15-16)26-23-22(17-7-5-4-6-8-17)24(28)27(25(23)29)18-10-12-19(30-2)13-11-18/h4-15,26H,1-3H3. The van der Waals surface area contributed by atoms with Crippen molar-refractivity contribution in [1.29, 1.82) is 0 Å². The van der Waals surface area contributed by atoms with Gasteiger partial charge in [0.1, 0.15) is 17.2 Å². The zero-order chi connectivity index (χ0) is 22.0. The molecule has 4 rings (SSSR count). The van der Waals surface area contributed by atoms with E-state index in [0.29, 0.717) is 34.0 Å². The highest BCUT2D eigenvalue weighted by Crippen LogP contribution is 2.36. The predicted molar refractivity (Wildman–Crippen MR) is 120 cm³/mol. The second kappa shape index (κ2) is 8.36. The van der Waals surface area contributed by atoms with Crippen molar-refractivity contribution >= 4 is 28.8 Å². The molecule has 156 valence electrons. The van der Waals surface area contributed by atoms with E-state index in [4.69, 9.17) is 9.47 Å². The molecule has 0 aromatic heterocycles. The molecule has 0 aliphatic carbocycles. The molecule has 0 unspecified atom stereocenters. The molecule has 0 radical (unpaired) electrons. The number of carbonyl (C=O) groups excluding carboxylic acids is 2. The topological polar surface area (TPSA) is 67.9 Å². The zero-order valence-electron chi connectivity index (χ0n) is 17.5. The van der Waals surface area contributed by atoms with E-state index in [-0.39, 0.29) is 5.70 Å². The summed E-state index contributed by atoms with van der Waals surface area (Å²) < 4.78 is 10.6. The molecule has 3 aromatic carbocycles. The molecule has 0 saturated carbocycles. The maximum Gasteiger partial charge on any atom is 0.282 e. The molecule has 3 aromatic rings. The van der Waals surface area contributed by atoms with E-state index in [2.05, 4.69) is 5.32 Å². The van der Waals surface area contributed by atoms with Gasteiger partial charge in [0.25, 0.3) is 11.8 Å². The number of aryl methyl sites for hydroxylation is 1. The lowest BCUT2D eigenvalue weighted by atomic mass is 10.0. The highest BCUT2D eigenvalue weighted by Gasteiger charge is 2.40. The number of carbonyl (C=O) groups is 2. The van der Waals surface area contributed by atoms with Gasteiger partial charge in [-0.05, 0) is 54.4 Å². The monoisotopic (exact) mass is 414 g/mol. The molecule has 1 aliphatic heterocycles. The van der Waals surface area contributed by atoms with Crippen LogP contribution < -0.4 is 19.7 Å². The Labute approximate surface area is 180 Å². The van der Waals surface area contributed by atoms with Gasteiger partial charge in [0, 0.05) is 0 Å². The van der Waals surface area contributed by atoms with Crippen LogP contribution in [0.2, 0.25) is 0 Å². The van der Waals surface area contributed by atoms with Crippen LogP contribution >= 0.6 is 0 Å². The molecule has 0 fully saturated rings. The maximum absolute atomic E-state index is 13.5. The summed E-state index contributed by atoms with van der Waals surface area (Å²) >= 11 is 0. The third kappa shape index (κ3) is 3.75. The molecule has 0 bridgehead atoms. The zero-order valence-corrected chi connectivity index (χ0v) is 17.5. The third-order valence-corrected chi connectivity index (χ3v) is 5.09. The Bertz CT molecular complexity index is 1170. The molecule has 0 atom stereocenters. The number of methoxy groups -OCH3 is 2. The molecule has 31 heavy (non-hydrogen) atoms. The summed E-state index contributed by atoms with van der Waals surface area (Å²) in [6.07, 6.45) is 0. The molecule has 1 aliphatic rings. The van der Waals surface area contributed by atoms with Gasteiger partial charge in [-0.1, -0.05) is 36.4 Å². The molecule has 1 N–H and O–H groups in total. The summed E-state index contributed by atoms with van der Waals surface area (Å²) in [4.78, 5) is 28.1. The summed E-state index contributed by atoms with van der Waals surface area (Å²) in [7, 11) is 3.13. The van der Waals surface area contributed by atoms with Crippen LogP contribution in [-0.4, -0.2) is 26.0 Å². The summed E-state index contributed by atoms with van der Waals surface area (Å²) in [5.41, 5.74) is 3.25. The number of nitrogens with zero attached hydrogens (tertiary/aromatic N) is 1. The first-order valence-corrected chi connectivity index (χ1v) is 9.77. The smallest absolute Gasteiger partial charge is 0.282 e. The number of rotatable bonds is 6. The molecule has 0 spiro atoms. The first kappa shape index (κ1) is 20.2. The van der Waals surface area contributed by atoms with Crippen LogP contribution in [-0.2, 0) is 9.59 Å². The van der Waals surface area contributed by atoms with Gasteiger partial charge in [-0.25, -0.2) is 4.90 Å². The highest BCUT2D eigenvalue weighted by atomic mass is 16.5. The lowest BCUT2D eigenvalue weighted by molar-refractivity contribution is -0.120. The van der Waals surface area contributed by atoms with Gasteiger partial charge in [-0.3, -0.25) is 9.59 Å². The number of anilines is 2. The molecule has 6 heteroatoms. The Morgan fingerprint density at radius 3 is 2.16 bits per heavy atom. The van der Waals surface area contributed by atoms with Crippen LogP contribution in [0.25, 0.3) is 5.57 Å². The quantitative estimate of drug-likeness (QED) is 0.605. The van der Waals surface area contributed by atoms with Crippen molar-refractivity contribution in [3.8, 4) is 11.5 Å². The first-order valence-electron chi connectivity index (χ1n) is 9.77. The Kier molecular flexibility index (Phi) is 5.45. The summed E-state index contributed by atoms with van der Waals surface area (Å²) in [5, 5.41) is 3.17. The minimum atomic E-state index is -0.433. The van der Waals surface area contributed by atoms with Crippen molar-refractivity contribution < 1.29 is 19.1 Å². The van der Waals surface area contributed by atoms with Crippen molar-refractivity contribution in [3.05, 3.63) is 89.6 Å². The first-order chi connectivity index (χ1) is 15.0. The molecule has 2 amide bonds. The Morgan fingerprint density at radius 1 is 0.806 bits per heavy atom. The maximum atomic E-state index is 13.5. The van der Waals surface area contributed by atoms with E-state index in [1.807, 2.05) is 55.5 Å². The van der Waals surface area contributed by atoms with E-state index >= 15 is 0 Å². The van der Waals surface area contributed by atoms with Crippen LogP contribution in [0.5, 0.6) is 11.5 Å². The van der Waals surface area contributed by atoms with Crippen molar-refractivity contribution in [3.63, 3.8) is 0 Å². The van der Waals surface area contributed by atoms with Gasteiger partial charge in [0.05, 0.1) is 31.2 Å². The van der Waals surface area contributed by atoms with Gasteiger partial charge in [-0.15, -0.1) is 0 Å². The number of amides is 2. The second-order valence-corrected chi connectivity index (χ2v) is 7.09. The van der Waals surface area contributed by atoms with E-state index in [1.54, 1.807) is 38.5 Å². The number of nitrogens with one attached hydrogen (secondary N) is 1. The molecule has 6 nitrogen and oxygen atoms in total. The Balaban J connectivity index is 1.82. The lowest BCUT2D eigenvalue weighted by Crippen LogP contribution is -2.32. The molecule has 1 heterocycles. The van der Waals surface area contributed by atoms with Crippen molar-refractivity contribution in [1.82, 2.24) is 0 Å². The lowest BCUT2D eigenvalue weighted by Gasteiger charge is -2.16. The van der Waals surface area contributed by atoms with Crippen LogP contribution in [0.1, 0.15) is 11.1 Å². The largest absolute Gasteiger partial charge is 0.497 e. The van der Waals surface area contributed by atoms with Gasteiger partial charge >= 0.3 is 0 Å². The predicted octanol–water partition coefficient (Wildman–Crippen LogP) is 4.41. The molecular weight excluding hydrogens is 392 g/mol. The second-order valence-electron chi connectivity index (χ2n) is 7.09.